The Hall–Kier alpha value is -5.40. The van der Waals surface area contributed by atoms with Crippen LogP contribution in [0.5, 0.6) is 11.5 Å². The van der Waals surface area contributed by atoms with E-state index in [-0.39, 0.29) is 11.9 Å². The summed E-state index contributed by atoms with van der Waals surface area (Å²) in [7, 11) is 0. The molecule has 0 radical (unpaired) electrons. The Bertz CT molecular complexity index is 1880. The predicted octanol–water partition coefficient (Wildman–Crippen LogP) is 13.3. The number of unbranched alkanes of at least 4 members (excludes halogenated alkanes) is 18. The van der Waals surface area contributed by atoms with Crippen LogP contribution < -0.4 is 9.47 Å². The Morgan fingerprint density at radius 1 is 0.457 bits per heavy atom. The number of nitrogens with zero attached hydrogens (tertiary/aromatic N) is 2. The number of esters is 2. The van der Waals surface area contributed by atoms with E-state index in [1.165, 1.54) is 89.2 Å². The maximum atomic E-state index is 11.0. The third-order valence-electron chi connectivity index (χ3n) is 12.1. The van der Waals surface area contributed by atoms with Gasteiger partial charge in [0.2, 0.25) is 12.6 Å². The van der Waals surface area contributed by atoms with E-state index in [9.17, 15) is 9.59 Å². The van der Waals surface area contributed by atoms with Gasteiger partial charge in [0.25, 0.3) is 0 Å². The number of hydrogen-bond donors (Lipinski definition) is 0. The van der Waals surface area contributed by atoms with Crippen molar-refractivity contribution in [1.82, 2.24) is 9.97 Å². The van der Waals surface area contributed by atoms with Crippen molar-refractivity contribution in [1.29, 1.82) is 0 Å². The molecule has 12 heteroatoms. The minimum atomic E-state index is -0.650. The molecular formula is C58H78N2O10. The molecule has 1 fully saturated rings. The number of carbonyl (C=O) groups is 2. The number of ether oxygens (including phenoxy) is 8. The summed E-state index contributed by atoms with van der Waals surface area (Å²) < 4.78 is 46.1. The molecule has 4 aromatic rings. The first-order valence-electron chi connectivity index (χ1n) is 25.9. The van der Waals surface area contributed by atoms with Crippen molar-refractivity contribution in [3.05, 3.63) is 122 Å². The van der Waals surface area contributed by atoms with Gasteiger partial charge in [-0.25, -0.2) is 9.59 Å². The normalized spacial score (nSPS) is 14.5. The second-order valence-corrected chi connectivity index (χ2v) is 17.8. The molecule has 1 aliphatic rings. The minimum Gasteiger partial charge on any atom is -0.492 e. The first-order valence-corrected chi connectivity index (χ1v) is 25.9. The van der Waals surface area contributed by atoms with E-state index < -0.39 is 12.6 Å². The van der Waals surface area contributed by atoms with Gasteiger partial charge in [0.1, 0.15) is 11.5 Å². The summed E-state index contributed by atoms with van der Waals surface area (Å²) >= 11 is 0. The molecular weight excluding hydrogens is 885 g/mol. The van der Waals surface area contributed by atoms with Crippen molar-refractivity contribution in [2.45, 2.75) is 154 Å². The van der Waals surface area contributed by atoms with E-state index in [2.05, 4.69) is 23.1 Å². The summed E-state index contributed by atoms with van der Waals surface area (Å²) in [6.07, 6.45) is 28.0. The lowest BCUT2D eigenvalue weighted by Crippen LogP contribution is -2.41. The topological polar surface area (TPSA) is 134 Å². The van der Waals surface area contributed by atoms with Crippen molar-refractivity contribution in [3.63, 3.8) is 0 Å². The van der Waals surface area contributed by atoms with Gasteiger partial charge in [-0.15, -0.1) is 0 Å². The molecule has 380 valence electrons. The second kappa shape index (κ2) is 34.8. The molecule has 70 heavy (non-hydrogen) atoms. The van der Waals surface area contributed by atoms with Gasteiger partial charge >= 0.3 is 11.9 Å². The van der Waals surface area contributed by atoms with E-state index in [1.54, 1.807) is 12.4 Å². The van der Waals surface area contributed by atoms with E-state index in [4.69, 9.17) is 37.9 Å². The van der Waals surface area contributed by atoms with Crippen molar-refractivity contribution >= 4 is 11.9 Å². The highest BCUT2D eigenvalue weighted by Crippen LogP contribution is 2.24. The second-order valence-electron chi connectivity index (χ2n) is 17.8. The van der Waals surface area contributed by atoms with Crippen LogP contribution in [0.15, 0.2) is 111 Å². The molecule has 0 spiro atoms. The zero-order valence-corrected chi connectivity index (χ0v) is 41.6. The molecule has 0 saturated carbocycles. The number of benzene rings is 2. The van der Waals surface area contributed by atoms with Crippen LogP contribution in [0, 0.1) is 0 Å². The van der Waals surface area contributed by atoms with Crippen molar-refractivity contribution < 1.29 is 47.5 Å². The van der Waals surface area contributed by atoms with Crippen LogP contribution in [-0.2, 0) is 51.2 Å². The van der Waals surface area contributed by atoms with Gasteiger partial charge in [-0.2, -0.15) is 0 Å². The Morgan fingerprint density at radius 3 is 1.10 bits per heavy atom. The predicted molar refractivity (Wildman–Crippen MR) is 274 cm³/mol. The van der Waals surface area contributed by atoms with Gasteiger partial charge in [0, 0.05) is 23.3 Å². The average molecular weight is 963 g/mol. The van der Waals surface area contributed by atoms with Crippen LogP contribution in [0.4, 0.5) is 0 Å². The molecule has 0 N–H and O–H groups in total. The summed E-state index contributed by atoms with van der Waals surface area (Å²) in [6.45, 7) is 10.8. The first-order chi connectivity index (χ1) is 34.5. The molecule has 0 aliphatic carbocycles. The van der Waals surface area contributed by atoms with Crippen LogP contribution in [0.1, 0.15) is 140 Å². The fraction of sp³-hybridized carbons (Fsp3) is 0.517. The zero-order chi connectivity index (χ0) is 49.1. The lowest BCUT2D eigenvalue weighted by Gasteiger charge is -2.31. The molecule has 5 rings (SSSR count). The number of hydrogen-bond acceptors (Lipinski definition) is 12. The van der Waals surface area contributed by atoms with Gasteiger partial charge in [-0.3, -0.25) is 9.97 Å². The summed E-state index contributed by atoms with van der Waals surface area (Å²) in [5, 5.41) is 0. The Balaban J connectivity index is 0.889. The molecule has 1 saturated heterocycles. The summed E-state index contributed by atoms with van der Waals surface area (Å²) in [5.41, 5.74) is 5.81. The van der Waals surface area contributed by atoms with Crippen molar-refractivity contribution in [2.75, 3.05) is 39.6 Å². The van der Waals surface area contributed by atoms with Crippen LogP contribution in [-0.4, -0.2) is 74.1 Å². The highest BCUT2D eigenvalue weighted by atomic mass is 16.8. The average Bonchev–Trinajstić information content (AvgIpc) is 3.40. The Labute approximate surface area is 417 Å². The Morgan fingerprint density at radius 2 is 0.786 bits per heavy atom. The van der Waals surface area contributed by atoms with E-state index >= 15 is 0 Å². The Kier molecular flexibility index (Phi) is 27.6. The SMILES string of the molecule is C=CC(=O)OCCCCCCCCCCCCOc1ccc(-c2ccc(COC3OCCOC3OCc3ccc(-c4ccc(OCCCCCCCCCCCCOC(=O)C=C)cn4)cc3)cc2)nc1. The third-order valence-corrected chi connectivity index (χ3v) is 12.1. The molecule has 3 heterocycles. The number of aromatic nitrogens is 2. The number of carbonyl (C=O) groups excluding carboxylic acids is 2. The quantitative estimate of drug-likeness (QED) is 0.0240. The van der Waals surface area contributed by atoms with E-state index in [0.717, 1.165) is 96.5 Å². The first kappa shape index (κ1) is 55.5. The number of pyridine rings is 2. The van der Waals surface area contributed by atoms with Gasteiger partial charge < -0.3 is 37.9 Å². The summed E-state index contributed by atoms with van der Waals surface area (Å²) in [6, 6.07) is 24.3. The molecule has 1 aliphatic heterocycles. The largest absolute Gasteiger partial charge is 0.492 e. The van der Waals surface area contributed by atoms with Crippen LogP contribution in [0.25, 0.3) is 22.5 Å². The van der Waals surface area contributed by atoms with Gasteiger partial charge in [-0.05, 0) is 61.1 Å². The molecule has 2 atom stereocenters. The van der Waals surface area contributed by atoms with Gasteiger partial charge in [-0.1, -0.05) is 164 Å². The maximum Gasteiger partial charge on any atom is 0.330 e. The van der Waals surface area contributed by atoms with E-state index in [1.807, 2.05) is 72.8 Å². The highest BCUT2D eigenvalue weighted by Gasteiger charge is 2.29. The zero-order valence-electron chi connectivity index (χ0n) is 41.6. The molecule has 0 amide bonds. The summed E-state index contributed by atoms with van der Waals surface area (Å²) in [5.74, 6) is 0.901. The molecule has 0 bridgehead atoms. The van der Waals surface area contributed by atoms with Crippen LogP contribution in [0.2, 0.25) is 0 Å². The third kappa shape index (κ3) is 23.0. The smallest absolute Gasteiger partial charge is 0.330 e. The fourth-order valence-corrected chi connectivity index (χ4v) is 7.99. The molecule has 2 aromatic carbocycles. The molecule has 2 unspecified atom stereocenters. The van der Waals surface area contributed by atoms with Crippen LogP contribution in [0.3, 0.4) is 0 Å². The van der Waals surface area contributed by atoms with Crippen molar-refractivity contribution in [2.24, 2.45) is 0 Å². The standard InChI is InChI=1S/C58H78N2O10/c1-3-55(61)65-39-23-19-15-11-7-5-9-13-17-21-37-63-51-33-35-53(59-43-51)49-29-25-47(26-30-49)45-69-57-58(68-42-41-67-57)70-46-48-27-31-50(32-28-48)54-36-34-52(44-60-54)64-38-22-18-14-10-6-8-12-16-20-24-40-66-56(62)4-2/h3-4,25-36,43-44,57-58H,1-2,5-24,37-42,45-46H2. The minimum absolute atomic E-state index is 0.336. The fourth-order valence-electron chi connectivity index (χ4n) is 7.99. The van der Waals surface area contributed by atoms with Gasteiger partial charge in [0.15, 0.2) is 0 Å². The van der Waals surface area contributed by atoms with Crippen LogP contribution >= 0.6 is 0 Å². The lowest BCUT2D eigenvalue weighted by atomic mass is 10.1. The summed E-state index contributed by atoms with van der Waals surface area (Å²) in [4.78, 5) is 31.4. The van der Waals surface area contributed by atoms with Gasteiger partial charge in [0.05, 0.1) is 76.6 Å². The maximum absolute atomic E-state index is 11.0. The highest BCUT2D eigenvalue weighted by molar-refractivity contribution is 5.81. The monoisotopic (exact) mass is 963 g/mol. The lowest BCUT2D eigenvalue weighted by molar-refractivity contribution is -0.326. The van der Waals surface area contributed by atoms with E-state index in [0.29, 0.717) is 52.9 Å². The van der Waals surface area contributed by atoms with Crippen molar-refractivity contribution in [3.8, 4) is 34.0 Å². The number of rotatable bonds is 38. The molecule has 2 aromatic heterocycles. The molecule has 12 nitrogen and oxygen atoms in total.